The first-order chi connectivity index (χ1) is 11.1. The van der Waals surface area contributed by atoms with Crippen LogP contribution in [0.2, 0.25) is 0 Å². The van der Waals surface area contributed by atoms with Crippen molar-refractivity contribution < 1.29 is 22.8 Å². The van der Waals surface area contributed by atoms with Crippen molar-refractivity contribution in [2.75, 3.05) is 13.1 Å². The lowest BCUT2D eigenvalue weighted by Crippen LogP contribution is -2.50. The Morgan fingerprint density at radius 3 is 2.54 bits per heavy atom. The van der Waals surface area contributed by atoms with Crippen molar-refractivity contribution in [1.82, 2.24) is 14.8 Å². The Labute approximate surface area is 138 Å². The average Bonchev–Trinajstić information content (AvgIpc) is 3.07. The minimum absolute atomic E-state index is 0.0343. The number of nitrogens with one attached hydrogen (secondary N) is 1. The van der Waals surface area contributed by atoms with Crippen molar-refractivity contribution >= 4 is 11.8 Å². The molecule has 1 unspecified atom stereocenters. The van der Waals surface area contributed by atoms with E-state index in [1.807, 2.05) is 31.5 Å². The van der Waals surface area contributed by atoms with Gasteiger partial charge in [-0.15, -0.1) is 0 Å². The molecule has 1 aromatic heterocycles. The maximum atomic E-state index is 12.6. The maximum Gasteiger partial charge on any atom is 0.471 e. The second-order valence-electron chi connectivity index (χ2n) is 6.15. The van der Waals surface area contributed by atoms with Crippen LogP contribution in [0.25, 0.3) is 0 Å². The highest BCUT2D eigenvalue weighted by Crippen LogP contribution is 2.25. The zero-order chi connectivity index (χ0) is 18.1. The van der Waals surface area contributed by atoms with Crippen molar-refractivity contribution in [3.05, 3.63) is 23.0 Å². The standard InChI is InChI=1S/C16H22F3N3O2/c1-10-9-12(11(2)21(10)3)6-7-20-14(23)13-5-4-8-22(13)15(24)16(17,18)19/h9,13H,4-8H2,1-3H3,(H,20,23). The first kappa shape index (κ1) is 18.4. The van der Waals surface area contributed by atoms with E-state index in [9.17, 15) is 22.8 Å². The molecular weight excluding hydrogens is 323 g/mol. The number of hydrogen-bond acceptors (Lipinski definition) is 2. The highest BCUT2D eigenvalue weighted by molar-refractivity contribution is 5.90. The molecule has 1 saturated heterocycles. The Morgan fingerprint density at radius 2 is 2.00 bits per heavy atom. The summed E-state index contributed by atoms with van der Waals surface area (Å²) >= 11 is 0. The fourth-order valence-electron chi connectivity index (χ4n) is 3.07. The highest BCUT2D eigenvalue weighted by Gasteiger charge is 2.47. The lowest BCUT2D eigenvalue weighted by molar-refractivity contribution is -0.186. The first-order valence-electron chi connectivity index (χ1n) is 7.90. The zero-order valence-corrected chi connectivity index (χ0v) is 14.0. The molecule has 0 saturated carbocycles. The number of aryl methyl sites for hydroxylation is 1. The molecule has 5 nitrogen and oxygen atoms in total. The number of aromatic nitrogens is 1. The van der Waals surface area contributed by atoms with Gasteiger partial charge in [-0.1, -0.05) is 0 Å². The van der Waals surface area contributed by atoms with Crippen molar-refractivity contribution in [1.29, 1.82) is 0 Å². The van der Waals surface area contributed by atoms with Gasteiger partial charge >= 0.3 is 12.1 Å². The lowest BCUT2D eigenvalue weighted by atomic mass is 10.1. The summed E-state index contributed by atoms with van der Waals surface area (Å²) in [5, 5.41) is 2.66. The van der Waals surface area contributed by atoms with E-state index in [0.717, 1.165) is 17.0 Å². The van der Waals surface area contributed by atoms with Crippen molar-refractivity contribution in [3.63, 3.8) is 0 Å². The van der Waals surface area contributed by atoms with E-state index in [4.69, 9.17) is 0 Å². The Balaban J connectivity index is 1.92. The number of hydrogen-bond donors (Lipinski definition) is 1. The van der Waals surface area contributed by atoms with E-state index in [1.54, 1.807) is 0 Å². The third kappa shape index (κ3) is 3.73. The van der Waals surface area contributed by atoms with Gasteiger partial charge in [-0.3, -0.25) is 9.59 Å². The van der Waals surface area contributed by atoms with Gasteiger partial charge in [0.15, 0.2) is 0 Å². The summed E-state index contributed by atoms with van der Waals surface area (Å²) in [5.74, 6) is -2.45. The first-order valence-corrected chi connectivity index (χ1v) is 7.90. The third-order valence-electron chi connectivity index (χ3n) is 4.63. The van der Waals surface area contributed by atoms with Gasteiger partial charge in [0.25, 0.3) is 0 Å². The van der Waals surface area contributed by atoms with Crippen LogP contribution in [0, 0.1) is 13.8 Å². The summed E-state index contributed by atoms with van der Waals surface area (Å²) in [6.45, 7) is 4.25. The lowest BCUT2D eigenvalue weighted by Gasteiger charge is -2.24. The molecule has 8 heteroatoms. The summed E-state index contributed by atoms with van der Waals surface area (Å²) in [6, 6.07) is 0.994. The molecule has 2 rings (SSSR count). The van der Waals surface area contributed by atoms with Crippen LogP contribution in [0.4, 0.5) is 13.2 Å². The normalized spacial score (nSPS) is 18.1. The molecule has 0 bridgehead atoms. The van der Waals surface area contributed by atoms with Crippen LogP contribution in [0.3, 0.4) is 0 Å². The highest BCUT2D eigenvalue weighted by atomic mass is 19.4. The van der Waals surface area contributed by atoms with Crippen LogP contribution in [0.1, 0.15) is 29.8 Å². The molecular formula is C16H22F3N3O2. The summed E-state index contributed by atoms with van der Waals surface area (Å²) in [4.78, 5) is 24.2. The molecule has 1 aromatic rings. The van der Waals surface area contributed by atoms with Crippen LogP contribution in [0.5, 0.6) is 0 Å². The third-order valence-corrected chi connectivity index (χ3v) is 4.63. The molecule has 0 spiro atoms. The van der Waals surface area contributed by atoms with Crippen LogP contribution in [-0.4, -0.2) is 46.6 Å². The predicted molar refractivity (Wildman–Crippen MR) is 82.4 cm³/mol. The van der Waals surface area contributed by atoms with Crippen LogP contribution >= 0.6 is 0 Å². The number of likely N-dealkylation sites (tertiary alicyclic amines) is 1. The predicted octanol–water partition coefficient (Wildman–Crippen LogP) is 1.85. The topological polar surface area (TPSA) is 54.3 Å². The number of carbonyl (C=O) groups is 2. The largest absolute Gasteiger partial charge is 0.471 e. The van der Waals surface area contributed by atoms with E-state index in [1.165, 1.54) is 0 Å². The fraction of sp³-hybridized carbons (Fsp3) is 0.625. The molecule has 0 aliphatic carbocycles. The van der Waals surface area contributed by atoms with Gasteiger partial charge in [-0.25, -0.2) is 0 Å². The smallest absolute Gasteiger partial charge is 0.354 e. The van der Waals surface area contributed by atoms with E-state index in [2.05, 4.69) is 5.32 Å². The van der Waals surface area contributed by atoms with Gasteiger partial charge in [0.1, 0.15) is 6.04 Å². The maximum absolute atomic E-state index is 12.6. The molecule has 1 aliphatic heterocycles. The van der Waals surface area contributed by atoms with Gasteiger partial charge in [0.2, 0.25) is 5.91 Å². The van der Waals surface area contributed by atoms with E-state index in [-0.39, 0.29) is 13.0 Å². The number of halogens is 3. The Hall–Kier alpha value is -1.99. The van der Waals surface area contributed by atoms with Crippen LogP contribution in [-0.2, 0) is 23.1 Å². The van der Waals surface area contributed by atoms with Gasteiger partial charge in [-0.2, -0.15) is 13.2 Å². The second-order valence-corrected chi connectivity index (χ2v) is 6.15. The Bertz CT molecular complexity index is 637. The molecule has 0 aromatic carbocycles. The van der Waals surface area contributed by atoms with E-state index in [0.29, 0.717) is 24.3 Å². The number of nitrogens with zero attached hydrogens (tertiary/aromatic N) is 2. The van der Waals surface area contributed by atoms with Gasteiger partial charge in [0.05, 0.1) is 0 Å². The van der Waals surface area contributed by atoms with Gasteiger partial charge in [-0.05, 0) is 44.7 Å². The van der Waals surface area contributed by atoms with Crippen molar-refractivity contribution in [2.24, 2.45) is 7.05 Å². The molecule has 1 aliphatic rings. The molecule has 134 valence electrons. The fourth-order valence-corrected chi connectivity index (χ4v) is 3.07. The molecule has 0 radical (unpaired) electrons. The number of rotatable bonds is 4. The molecule has 24 heavy (non-hydrogen) atoms. The van der Waals surface area contributed by atoms with Gasteiger partial charge < -0.3 is 14.8 Å². The summed E-state index contributed by atoms with van der Waals surface area (Å²) < 4.78 is 39.8. The van der Waals surface area contributed by atoms with E-state index >= 15 is 0 Å². The minimum Gasteiger partial charge on any atom is -0.354 e. The van der Waals surface area contributed by atoms with Crippen LogP contribution < -0.4 is 5.32 Å². The summed E-state index contributed by atoms with van der Waals surface area (Å²) in [7, 11) is 1.95. The number of amides is 2. The van der Waals surface area contributed by atoms with E-state index < -0.39 is 24.0 Å². The van der Waals surface area contributed by atoms with Crippen LogP contribution in [0.15, 0.2) is 6.07 Å². The number of alkyl halides is 3. The summed E-state index contributed by atoms with van der Waals surface area (Å²) in [5.41, 5.74) is 3.29. The molecule has 2 heterocycles. The molecule has 1 N–H and O–H groups in total. The Kier molecular flexibility index (Phi) is 5.25. The van der Waals surface area contributed by atoms with Gasteiger partial charge in [0, 0.05) is 31.5 Å². The molecule has 1 fully saturated rings. The SMILES string of the molecule is Cc1cc(CCNC(=O)C2CCCN2C(=O)C(F)(F)F)c(C)n1C. The monoisotopic (exact) mass is 345 g/mol. The zero-order valence-electron chi connectivity index (χ0n) is 14.0. The van der Waals surface area contributed by atoms with Crippen molar-refractivity contribution in [3.8, 4) is 0 Å². The molecule has 1 atom stereocenters. The average molecular weight is 345 g/mol. The number of carbonyl (C=O) groups excluding carboxylic acids is 2. The second kappa shape index (κ2) is 6.86. The summed E-state index contributed by atoms with van der Waals surface area (Å²) in [6.07, 6.45) is -3.69. The Morgan fingerprint density at radius 1 is 1.33 bits per heavy atom. The quantitative estimate of drug-likeness (QED) is 0.906. The van der Waals surface area contributed by atoms with Crippen molar-refractivity contribution in [2.45, 2.75) is 45.3 Å². The molecule has 2 amide bonds. The minimum atomic E-state index is -4.94.